The van der Waals surface area contributed by atoms with Crippen molar-refractivity contribution in [1.82, 2.24) is 19.9 Å². The van der Waals surface area contributed by atoms with Crippen LogP contribution in [0.15, 0.2) is 90.0 Å². The third kappa shape index (κ3) is 4.71. The lowest BCUT2D eigenvalue weighted by Gasteiger charge is -2.26. The van der Waals surface area contributed by atoms with Gasteiger partial charge < -0.3 is 15.6 Å². The molecular weight excluding hydrogens is 488 g/mol. The quantitative estimate of drug-likeness (QED) is 0.290. The molecule has 38 heavy (non-hydrogen) atoms. The molecule has 3 aromatic carbocycles. The van der Waals surface area contributed by atoms with E-state index in [1.807, 2.05) is 24.3 Å². The van der Waals surface area contributed by atoms with E-state index in [1.165, 1.54) is 35.0 Å². The molecule has 0 spiro atoms. The second kappa shape index (κ2) is 10.4. The summed E-state index contributed by atoms with van der Waals surface area (Å²) in [7, 11) is 1.63. The van der Waals surface area contributed by atoms with Crippen molar-refractivity contribution in [2.45, 2.75) is 19.0 Å². The minimum atomic E-state index is -0.733. The van der Waals surface area contributed by atoms with E-state index in [4.69, 9.17) is 0 Å². The Morgan fingerprint density at radius 2 is 1.66 bits per heavy atom. The van der Waals surface area contributed by atoms with Crippen molar-refractivity contribution in [3.05, 3.63) is 118 Å². The summed E-state index contributed by atoms with van der Waals surface area (Å²) >= 11 is 0. The molecule has 2 unspecified atom stereocenters. The first-order chi connectivity index (χ1) is 18.4. The number of aromatic amines is 1. The summed E-state index contributed by atoms with van der Waals surface area (Å²) in [5, 5.41) is 6.32. The van der Waals surface area contributed by atoms with Crippen molar-refractivity contribution in [2.24, 2.45) is 0 Å². The number of fused-ring (bicyclic) bond motifs is 1. The Morgan fingerprint density at radius 1 is 0.974 bits per heavy atom. The fourth-order valence-electron chi connectivity index (χ4n) is 4.46. The molecule has 3 N–H and O–H groups in total. The van der Waals surface area contributed by atoms with Crippen LogP contribution < -0.4 is 16.2 Å². The van der Waals surface area contributed by atoms with Gasteiger partial charge >= 0.3 is 0 Å². The first-order valence-corrected chi connectivity index (χ1v) is 12.0. The van der Waals surface area contributed by atoms with Crippen molar-refractivity contribution in [2.75, 3.05) is 12.4 Å². The summed E-state index contributed by atoms with van der Waals surface area (Å²) in [6.45, 7) is 1.66. The van der Waals surface area contributed by atoms with Crippen LogP contribution in [-0.4, -0.2) is 33.5 Å². The molecule has 0 aliphatic heterocycles. The minimum Gasteiger partial charge on any atom is -0.361 e. The highest BCUT2D eigenvalue weighted by molar-refractivity contribution is 5.93. The average Bonchev–Trinajstić information content (AvgIpc) is 3.41. The molecule has 1 amide bonds. The lowest BCUT2D eigenvalue weighted by Crippen LogP contribution is -2.39. The molecule has 0 saturated heterocycles. The van der Waals surface area contributed by atoms with Crippen molar-refractivity contribution >= 4 is 22.6 Å². The van der Waals surface area contributed by atoms with Crippen LogP contribution in [0.5, 0.6) is 0 Å². The second-order valence-corrected chi connectivity index (χ2v) is 8.91. The Balaban J connectivity index is 1.81. The molecule has 0 bridgehead atoms. The van der Waals surface area contributed by atoms with Crippen LogP contribution in [-0.2, 0) is 4.79 Å². The first kappa shape index (κ1) is 25.0. The fourth-order valence-corrected chi connectivity index (χ4v) is 4.46. The Morgan fingerprint density at radius 3 is 2.34 bits per heavy atom. The molecule has 192 valence electrons. The van der Waals surface area contributed by atoms with E-state index in [2.05, 4.69) is 20.6 Å². The molecule has 9 heteroatoms. The number of aromatic nitrogens is 3. The van der Waals surface area contributed by atoms with E-state index in [1.54, 1.807) is 44.4 Å². The molecule has 0 aliphatic rings. The van der Waals surface area contributed by atoms with Gasteiger partial charge in [0.05, 0.1) is 24.0 Å². The van der Waals surface area contributed by atoms with E-state index < -0.39 is 35.2 Å². The van der Waals surface area contributed by atoms with Gasteiger partial charge in [0.15, 0.2) is 5.82 Å². The number of hydrogen-bond acceptors (Lipinski definition) is 4. The van der Waals surface area contributed by atoms with Gasteiger partial charge in [-0.1, -0.05) is 24.3 Å². The number of amides is 1. The first-order valence-electron chi connectivity index (χ1n) is 12.0. The minimum absolute atomic E-state index is 0.156. The maximum atomic E-state index is 14.1. The molecule has 5 rings (SSSR count). The predicted octanol–water partition coefficient (Wildman–Crippen LogP) is 4.85. The summed E-state index contributed by atoms with van der Waals surface area (Å²) in [5.41, 5.74) is 2.65. The van der Waals surface area contributed by atoms with Gasteiger partial charge in [0.1, 0.15) is 11.6 Å². The van der Waals surface area contributed by atoms with Crippen LogP contribution in [0.25, 0.3) is 22.2 Å². The summed E-state index contributed by atoms with van der Waals surface area (Å²) in [5.74, 6) is -1.42. The molecule has 7 nitrogen and oxygen atoms in total. The van der Waals surface area contributed by atoms with Gasteiger partial charge in [-0.3, -0.25) is 14.2 Å². The van der Waals surface area contributed by atoms with E-state index in [0.717, 1.165) is 16.5 Å². The third-order valence-electron chi connectivity index (χ3n) is 6.57. The predicted molar refractivity (Wildman–Crippen MR) is 143 cm³/mol. The highest BCUT2D eigenvalue weighted by Gasteiger charge is 2.26. The number of nitrogens with zero attached hydrogens (tertiary/aromatic N) is 2. The summed E-state index contributed by atoms with van der Waals surface area (Å²) < 4.78 is 29.3. The van der Waals surface area contributed by atoms with Gasteiger partial charge in [0, 0.05) is 22.7 Å². The standard InChI is InChI=1S/C29H25F2N5O2/c1-17(32-2)28(37)35-27-29(38)36(25(16-34-27)18-6-10-20(30)11-7-18)26(19-8-12-21(31)13-9-19)23-4-3-5-24-22(23)14-15-33-24/h3-17,26,32-33H,1-2H3,(H,34,35,37). The van der Waals surface area contributed by atoms with E-state index in [0.29, 0.717) is 16.8 Å². The lowest BCUT2D eigenvalue weighted by molar-refractivity contribution is -0.117. The van der Waals surface area contributed by atoms with E-state index in [9.17, 15) is 18.4 Å². The van der Waals surface area contributed by atoms with Gasteiger partial charge in [0.2, 0.25) is 5.91 Å². The normalized spacial score (nSPS) is 12.8. The van der Waals surface area contributed by atoms with Crippen LogP contribution in [0.1, 0.15) is 24.1 Å². The van der Waals surface area contributed by atoms with Gasteiger partial charge in [-0.15, -0.1) is 0 Å². The smallest absolute Gasteiger partial charge is 0.295 e. The van der Waals surface area contributed by atoms with Crippen LogP contribution >= 0.6 is 0 Å². The highest BCUT2D eigenvalue weighted by atomic mass is 19.1. The topological polar surface area (TPSA) is 91.8 Å². The number of rotatable bonds is 7. The molecule has 0 fully saturated rings. The average molecular weight is 514 g/mol. The maximum absolute atomic E-state index is 14.1. The van der Waals surface area contributed by atoms with Crippen molar-refractivity contribution in [3.63, 3.8) is 0 Å². The zero-order valence-corrected chi connectivity index (χ0v) is 20.7. The molecule has 2 heterocycles. The number of carbonyl (C=O) groups is 1. The number of halogens is 2. The molecular formula is C29H25F2N5O2. The number of likely N-dealkylation sites (N-methyl/N-ethyl adjacent to an activating group) is 1. The Labute approximate surface area is 217 Å². The number of carbonyl (C=O) groups excluding carboxylic acids is 1. The number of hydrogen-bond donors (Lipinski definition) is 3. The number of benzene rings is 3. The largest absolute Gasteiger partial charge is 0.361 e. The summed E-state index contributed by atoms with van der Waals surface area (Å²) in [6, 6.07) is 17.9. The zero-order valence-electron chi connectivity index (χ0n) is 20.7. The molecule has 0 radical (unpaired) electrons. The van der Waals surface area contributed by atoms with Crippen LogP contribution in [0, 0.1) is 11.6 Å². The monoisotopic (exact) mass is 513 g/mol. The summed E-state index contributed by atoms with van der Waals surface area (Å²) in [4.78, 5) is 34.2. The number of H-pyrrole nitrogens is 1. The second-order valence-electron chi connectivity index (χ2n) is 8.91. The van der Waals surface area contributed by atoms with Crippen LogP contribution in [0.3, 0.4) is 0 Å². The summed E-state index contributed by atoms with van der Waals surface area (Å²) in [6.07, 6.45) is 3.28. The Bertz CT molecular complexity index is 1660. The molecule has 5 aromatic rings. The van der Waals surface area contributed by atoms with E-state index in [-0.39, 0.29) is 5.82 Å². The lowest BCUT2D eigenvalue weighted by atomic mass is 9.94. The molecule has 0 aliphatic carbocycles. The Hall–Kier alpha value is -4.63. The SMILES string of the molecule is CNC(C)C(=O)Nc1ncc(-c2ccc(F)cc2)n(C(c2ccc(F)cc2)c2cccc3[nH]ccc23)c1=O. The van der Waals surface area contributed by atoms with Gasteiger partial charge in [-0.05, 0) is 73.6 Å². The molecule has 2 aromatic heterocycles. The van der Waals surface area contributed by atoms with Crippen molar-refractivity contribution < 1.29 is 13.6 Å². The van der Waals surface area contributed by atoms with Crippen molar-refractivity contribution in [1.29, 1.82) is 0 Å². The third-order valence-corrected chi connectivity index (χ3v) is 6.57. The fraction of sp³-hybridized carbons (Fsp3) is 0.138. The maximum Gasteiger partial charge on any atom is 0.295 e. The van der Waals surface area contributed by atoms with Crippen LogP contribution in [0.4, 0.5) is 14.6 Å². The van der Waals surface area contributed by atoms with Crippen LogP contribution in [0.2, 0.25) is 0 Å². The van der Waals surface area contributed by atoms with Gasteiger partial charge in [-0.2, -0.15) is 0 Å². The van der Waals surface area contributed by atoms with Gasteiger partial charge in [-0.25, -0.2) is 13.8 Å². The molecule has 2 atom stereocenters. The molecule has 0 saturated carbocycles. The zero-order chi connectivity index (χ0) is 26.8. The Kier molecular flexibility index (Phi) is 6.85. The number of anilines is 1. The number of nitrogens with one attached hydrogen (secondary N) is 3. The highest BCUT2D eigenvalue weighted by Crippen LogP contribution is 2.34. The van der Waals surface area contributed by atoms with Crippen molar-refractivity contribution in [3.8, 4) is 11.3 Å². The van der Waals surface area contributed by atoms with E-state index >= 15 is 0 Å². The van der Waals surface area contributed by atoms with Gasteiger partial charge in [0.25, 0.3) is 5.56 Å².